The largest absolute Gasteiger partial charge is 0.336 e. The number of hydrogen-bond donors (Lipinski definition) is 1. The number of rotatable bonds is 9. The van der Waals surface area contributed by atoms with Crippen LogP contribution >= 0.6 is 0 Å². The molecule has 0 aliphatic carbocycles. The lowest BCUT2D eigenvalue weighted by Crippen LogP contribution is -2.38. The Balaban J connectivity index is 1.78. The van der Waals surface area contributed by atoms with Gasteiger partial charge in [-0.1, -0.05) is 12.1 Å². The summed E-state index contributed by atoms with van der Waals surface area (Å²) < 4.78 is 82.3. The summed E-state index contributed by atoms with van der Waals surface area (Å²) in [6.45, 7) is -0.342. The fourth-order valence-electron chi connectivity index (χ4n) is 2.97. The average molecular weight is 485 g/mol. The quantitative estimate of drug-likeness (QED) is 0.501. The van der Waals surface area contributed by atoms with Gasteiger partial charge in [0.1, 0.15) is 23.5 Å². The fraction of sp³-hybridized carbons (Fsp3) is 0.250. The van der Waals surface area contributed by atoms with Gasteiger partial charge in [-0.3, -0.25) is 0 Å². The van der Waals surface area contributed by atoms with E-state index in [4.69, 9.17) is 0 Å². The number of hydrogen-bond acceptors (Lipinski definition) is 5. The second-order valence-electron chi connectivity index (χ2n) is 7.10. The molecule has 0 spiro atoms. The summed E-state index contributed by atoms with van der Waals surface area (Å²) in [5, 5.41) is 0. The molecule has 0 aliphatic heterocycles. The zero-order valence-corrected chi connectivity index (χ0v) is 18.9. The first kappa shape index (κ1) is 24.0. The van der Waals surface area contributed by atoms with Crippen molar-refractivity contribution in [3.8, 4) is 0 Å². The zero-order valence-electron chi connectivity index (χ0n) is 17.3. The van der Waals surface area contributed by atoms with Gasteiger partial charge in [0.15, 0.2) is 0 Å². The topological polar surface area (TPSA) is 101 Å². The zero-order chi connectivity index (χ0) is 23.5. The van der Waals surface area contributed by atoms with Gasteiger partial charge in [0.25, 0.3) is 0 Å². The smallest absolute Gasteiger partial charge is 0.242 e. The van der Waals surface area contributed by atoms with Crippen LogP contribution in [0.3, 0.4) is 0 Å². The third kappa shape index (κ3) is 5.57. The van der Waals surface area contributed by atoms with Crippen LogP contribution in [-0.2, 0) is 27.1 Å². The number of halogens is 2. The molecule has 0 aliphatic rings. The van der Waals surface area contributed by atoms with Gasteiger partial charge in [-0.25, -0.2) is 35.3 Å². The van der Waals surface area contributed by atoms with Crippen LogP contribution in [0.1, 0.15) is 17.4 Å². The standard InChI is InChI=1S/C20H22F2N4O4S2/c1-25-12-11-23-20(25)19(15-3-5-16(21)6-4-15)24-31(27,28)14-13-26(2)32(29,30)18-9-7-17(22)8-10-18/h3-12,19,24H,13-14H2,1-2H3/t19-/m1/s1. The Morgan fingerprint density at radius 2 is 1.56 bits per heavy atom. The van der Waals surface area contributed by atoms with Gasteiger partial charge in [0, 0.05) is 33.0 Å². The van der Waals surface area contributed by atoms with Gasteiger partial charge >= 0.3 is 0 Å². The van der Waals surface area contributed by atoms with E-state index in [2.05, 4.69) is 9.71 Å². The van der Waals surface area contributed by atoms with E-state index in [0.29, 0.717) is 11.4 Å². The number of imidazole rings is 1. The second kappa shape index (κ2) is 9.45. The van der Waals surface area contributed by atoms with Crippen molar-refractivity contribution in [2.24, 2.45) is 7.05 Å². The van der Waals surface area contributed by atoms with E-state index in [-0.39, 0.29) is 11.4 Å². The highest BCUT2D eigenvalue weighted by Gasteiger charge is 2.27. The summed E-state index contributed by atoms with van der Waals surface area (Å²) in [6.07, 6.45) is 3.15. The van der Waals surface area contributed by atoms with Gasteiger partial charge in [-0.15, -0.1) is 0 Å². The van der Waals surface area contributed by atoms with Crippen molar-refractivity contribution >= 4 is 20.0 Å². The molecule has 12 heteroatoms. The van der Waals surface area contributed by atoms with Crippen LogP contribution in [0.5, 0.6) is 0 Å². The van der Waals surface area contributed by atoms with Gasteiger partial charge in [-0.2, -0.15) is 4.31 Å². The molecule has 172 valence electrons. The van der Waals surface area contributed by atoms with E-state index in [1.807, 2.05) is 0 Å². The molecule has 1 N–H and O–H groups in total. The number of benzene rings is 2. The average Bonchev–Trinajstić information content (AvgIpc) is 3.17. The molecule has 0 amide bonds. The second-order valence-corrected chi connectivity index (χ2v) is 11.0. The van der Waals surface area contributed by atoms with Crippen molar-refractivity contribution in [3.63, 3.8) is 0 Å². The summed E-state index contributed by atoms with van der Waals surface area (Å²) in [5.74, 6) is -1.21. The Morgan fingerprint density at radius 3 is 2.09 bits per heavy atom. The molecule has 3 aromatic rings. The van der Waals surface area contributed by atoms with Crippen LogP contribution < -0.4 is 4.72 Å². The van der Waals surface area contributed by atoms with Crippen LogP contribution in [0.25, 0.3) is 0 Å². The summed E-state index contributed by atoms with van der Waals surface area (Å²) in [5.41, 5.74) is 0.469. The van der Waals surface area contributed by atoms with Crippen molar-refractivity contribution in [2.45, 2.75) is 10.9 Å². The Bertz CT molecular complexity index is 1280. The number of sulfonamides is 2. The first-order chi connectivity index (χ1) is 15.0. The minimum Gasteiger partial charge on any atom is -0.336 e. The maximum atomic E-state index is 13.4. The molecular formula is C20H22F2N4O4S2. The lowest BCUT2D eigenvalue weighted by molar-refractivity contribution is 0.482. The number of aryl methyl sites for hydroxylation is 1. The minimum atomic E-state index is -4.00. The molecule has 0 unspecified atom stereocenters. The molecule has 1 aromatic heterocycles. The molecule has 8 nitrogen and oxygen atoms in total. The SMILES string of the molecule is CN(CCS(=O)(=O)N[C@H](c1ccc(F)cc1)c1nccn1C)S(=O)(=O)c1ccc(F)cc1. The van der Waals surface area contributed by atoms with Crippen molar-refractivity contribution in [2.75, 3.05) is 19.3 Å². The van der Waals surface area contributed by atoms with Gasteiger partial charge in [-0.05, 0) is 42.0 Å². The number of aromatic nitrogens is 2. The van der Waals surface area contributed by atoms with Gasteiger partial charge in [0.2, 0.25) is 20.0 Å². The van der Waals surface area contributed by atoms with Crippen molar-refractivity contribution in [1.29, 1.82) is 0 Å². The van der Waals surface area contributed by atoms with Crippen LogP contribution in [0.2, 0.25) is 0 Å². The third-order valence-electron chi connectivity index (χ3n) is 4.81. The molecule has 0 fully saturated rings. The molecule has 32 heavy (non-hydrogen) atoms. The molecule has 1 atom stereocenters. The first-order valence-corrected chi connectivity index (χ1v) is 12.5. The van der Waals surface area contributed by atoms with Crippen LogP contribution in [0.15, 0.2) is 65.8 Å². The van der Waals surface area contributed by atoms with Crippen LogP contribution in [0, 0.1) is 11.6 Å². The van der Waals surface area contributed by atoms with Crippen molar-refractivity contribution in [1.82, 2.24) is 18.6 Å². The van der Waals surface area contributed by atoms with E-state index in [1.165, 1.54) is 37.5 Å². The molecule has 1 heterocycles. The Kier molecular flexibility index (Phi) is 7.08. The maximum Gasteiger partial charge on any atom is 0.242 e. The maximum absolute atomic E-state index is 13.4. The molecule has 0 saturated carbocycles. The minimum absolute atomic E-state index is 0.149. The first-order valence-electron chi connectivity index (χ1n) is 9.44. The normalized spacial score (nSPS) is 13.4. The summed E-state index contributed by atoms with van der Waals surface area (Å²) in [6, 6.07) is 8.66. The monoisotopic (exact) mass is 484 g/mol. The lowest BCUT2D eigenvalue weighted by atomic mass is 10.1. The fourth-order valence-corrected chi connectivity index (χ4v) is 5.49. The molecule has 2 aromatic carbocycles. The van der Waals surface area contributed by atoms with Crippen molar-refractivity contribution < 1.29 is 25.6 Å². The Labute approximate surface area is 185 Å². The van der Waals surface area contributed by atoms with Crippen LogP contribution in [-0.4, -0.2) is 50.0 Å². The van der Waals surface area contributed by atoms with E-state index < -0.39 is 43.5 Å². The molecular weight excluding hydrogens is 462 g/mol. The van der Waals surface area contributed by atoms with Crippen LogP contribution in [0.4, 0.5) is 8.78 Å². The Hall–Kier alpha value is -2.67. The van der Waals surface area contributed by atoms with Gasteiger partial charge in [0.05, 0.1) is 10.6 Å². The Morgan fingerprint density at radius 1 is 1.00 bits per heavy atom. The predicted octanol–water partition coefficient (Wildman–Crippen LogP) is 2.03. The number of nitrogens with one attached hydrogen (secondary N) is 1. The van der Waals surface area contributed by atoms with E-state index >= 15 is 0 Å². The summed E-state index contributed by atoms with van der Waals surface area (Å²) in [4.78, 5) is 4.04. The molecule has 0 radical (unpaired) electrons. The summed E-state index contributed by atoms with van der Waals surface area (Å²) >= 11 is 0. The van der Waals surface area contributed by atoms with E-state index in [9.17, 15) is 25.6 Å². The summed E-state index contributed by atoms with van der Waals surface area (Å²) in [7, 11) is -5.06. The predicted molar refractivity (Wildman–Crippen MR) is 115 cm³/mol. The molecule has 0 saturated heterocycles. The number of nitrogens with zero attached hydrogens (tertiary/aromatic N) is 3. The highest BCUT2D eigenvalue weighted by Crippen LogP contribution is 2.22. The van der Waals surface area contributed by atoms with E-state index in [0.717, 1.165) is 28.6 Å². The highest BCUT2D eigenvalue weighted by atomic mass is 32.2. The third-order valence-corrected chi connectivity index (χ3v) is 8.00. The van der Waals surface area contributed by atoms with Crippen molar-refractivity contribution in [3.05, 3.63) is 83.9 Å². The lowest BCUT2D eigenvalue weighted by Gasteiger charge is -2.21. The molecule has 0 bridgehead atoms. The van der Waals surface area contributed by atoms with Gasteiger partial charge < -0.3 is 4.57 Å². The highest BCUT2D eigenvalue weighted by molar-refractivity contribution is 7.90. The molecule has 3 rings (SSSR count). The van der Waals surface area contributed by atoms with E-state index in [1.54, 1.807) is 17.8 Å².